The third kappa shape index (κ3) is 5.44. The summed E-state index contributed by atoms with van der Waals surface area (Å²) in [4.78, 5) is 37.9. The molecule has 0 spiro atoms. The van der Waals surface area contributed by atoms with Gasteiger partial charge in [-0.15, -0.1) is 0 Å². The van der Waals surface area contributed by atoms with E-state index in [9.17, 15) is 18.4 Å². The fraction of sp³-hybridized carbons (Fsp3) is 0.393. The molecule has 2 saturated heterocycles. The Bertz CT molecular complexity index is 1480. The first-order valence-corrected chi connectivity index (χ1v) is 13.2. The van der Waals surface area contributed by atoms with Crippen LogP contribution in [0.25, 0.3) is 22.0 Å². The normalized spacial score (nSPS) is 20.9. The number of carbonyl (C=O) groups is 2. The van der Waals surface area contributed by atoms with Crippen LogP contribution in [-0.2, 0) is 11.3 Å². The second-order valence-electron chi connectivity index (χ2n) is 10.4. The Morgan fingerprint density at radius 2 is 1.95 bits per heavy atom. The molecule has 1 atom stereocenters. The van der Waals surface area contributed by atoms with Gasteiger partial charge in [0.25, 0.3) is 17.7 Å². The number of aliphatic imine (C=N–C) groups is 1. The maximum atomic E-state index is 13.6. The highest BCUT2D eigenvalue weighted by Crippen LogP contribution is 2.29. The Morgan fingerprint density at radius 1 is 1.10 bits per heavy atom. The van der Waals surface area contributed by atoms with Crippen molar-refractivity contribution >= 4 is 28.4 Å². The first kappa shape index (κ1) is 25.3. The van der Waals surface area contributed by atoms with Crippen molar-refractivity contribution < 1.29 is 18.4 Å². The number of hydrogen-bond donors (Lipinski definition) is 2. The fourth-order valence-electron chi connectivity index (χ4n) is 5.37. The summed E-state index contributed by atoms with van der Waals surface area (Å²) < 4.78 is 27.2. The third-order valence-electron chi connectivity index (χ3n) is 7.43. The van der Waals surface area contributed by atoms with Gasteiger partial charge in [-0.3, -0.25) is 29.6 Å². The van der Waals surface area contributed by atoms with E-state index >= 15 is 0 Å². The molecule has 2 fully saturated rings. The predicted molar refractivity (Wildman–Crippen MR) is 143 cm³/mol. The summed E-state index contributed by atoms with van der Waals surface area (Å²) in [5.41, 5.74) is 3.91. The van der Waals surface area contributed by atoms with Crippen molar-refractivity contribution in [3.63, 3.8) is 0 Å². The molecule has 0 bridgehead atoms. The van der Waals surface area contributed by atoms with Crippen molar-refractivity contribution in [1.82, 2.24) is 30.3 Å². The molecule has 39 heavy (non-hydrogen) atoms. The molecule has 3 aliphatic rings. The van der Waals surface area contributed by atoms with E-state index in [1.165, 1.54) is 0 Å². The van der Waals surface area contributed by atoms with Crippen molar-refractivity contribution in [2.24, 2.45) is 4.99 Å². The first-order valence-electron chi connectivity index (χ1n) is 13.2. The van der Waals surface area contributed by atoms with E-state index in [0.29, 0.717) is 29.7 Å². The molecule has 1 unspecified atom stereocenters. The minimum atomic E-state index is -2.64. The molecule has 202 valence electrons. The van der Waals surface area contributed by atoms with Crippen molar-refractivity contribution in [1.29, 1.82) is 0 Å². The molecule has 5 heterocycles. The van der Waals surface area contributed by atoms with E-state index < -0.39 is 5.92 Å². The number of likely N-dealkylation sites (tertiary alicyclic amines) is 2. The largest absolute Gasteiger partial charge is 0.343 e. The molecule has 1 aromatic carbocycles. The average molecular weight is 534 g/mol. The van der Waals surface area contributed by atoms with E-state index in [2.05, 4.69) is 25.5 Å². The van der Waals surface area contributed by atoms with Crippen LogP contribution in [0.1, 0.15) is 35.3 Å². The zero-order valence-corrected chi connectivity index (χ0v) is 21.4. The topological polar surface area (TPSA) is 107 Å². The molecule has 3 aromatic rings. The summed E-state index contributed by atoms with van der Waals surface area (Å²) in [7, 11) is 0. The molecular formula is C28H29F2N7O2. The van der Waals surface area contributed by atoms with E-state index in [4.69, 9.17) is 0 Å². The van der Waals surface area contributed by atoms with E-state index in [1.807, 2.05) is 29.2 Å². The van der Waals surface area contributed by atoms with Gasteiger partial charge in [0, 0.05) is 55.9 Å². The molecule has 11 heteroatoms. The average Bonchev–Trinajstić information content (AvgIpc) is 3.69. The Labute approximate surface area is 224 Å². The summed E-state index contributed by atoms with van der Waals surface area (Å²) in [6.07, 6.45) is 8.80. The van der Waals surface area contributed by atoms with Gasteiger partial charge < -0.3 is 10.2 Å². The Hall–Kier alpha value is -3.99. The smallest absolute Gasteiger partial charge is 0.272 e. The van der Waals surface area contributed by atoms with Gasteiger partial charge in [-0.2, -0.15) is 5.10 Å². The van der Waals surface area contributed by atoms with Crippen LogP contribution in [0.3, 0.4) is 0 Å². The molecule has 6 rings (SSSR count). The number of nitrogens with zero attached hydrogens (tertiary/aromatic N) is 5. The van der Waals surface area contributed by atoms with Crippen molar-refractivity contribution in [3.8, 4) is 11.1 Å². The van der Waals surface area contributed by atoms with Crippen molar-refractivity contribution in [2.75, 3.05) is 32.7 Å². The molecule has 0 aliphatic carbocycles. The lowest BCUT2D eigenvalue weighted by atomic mass is 10.0. The minimum Gasteiger partial charge on any atom is -0.343 e. The second kappa shape index (κ2) is 10.3. The highest BCUT2D eigenvalue weighted by molar-refractivity contribution is 6.43. The molecular weight excluding hydrogens is 504 g/mol. The van der Waals surface area contributed by atoms with E-state index in [1.54, 1.807) is 29.4 Å². The SMILES string of the molecule is O=C(NC1C=CC(C(=O)N2CCCC2)=NC1)c1n[nH]c2ccc(-c3cncc(CN4CCC(F)(F)C4)c3)cc12. The first-order chi connectivity index (χ1) is 18.8. The quantitative estimate of drug-likeness (QED) is 0.506. The molecule has 9 nitrogen and oxygen atoms in total. The number of aromatic nitrogens is 3. The lowest BCUT2D eigenvalue weighted by Gasteiger charge is -2.20. The van der Waals surface area contributed by atoms with E-state index in [0.717, 1.165) is 42.6 Å². The van der Waals surface area contributed by atoms with Gasteiger partial charge in [0.15, 0.2) is 5.69 Å². The number of pyridine rings is 1. The molecule has 3 aliphatic heterocycles. The second-order valence-corrected chi connectivity index (χ2v) is 10.4. The van der Waals surface area contributed by atoms with Crippen LogP contribution >= 0.6 is 0 Å². The van der Waals surface area contributed by atoms with Crippen LogP contribution in [0.2, 0.25) is 0 Å². The van der Waals surface area contributed by atoms with Crippen LogP contribution in [0.5, 0.6) is 0 Å². The van der Waals surface area contributed by atoms with Gasteiger partial charge in [0.1, 0.15) is 5.71 Å². The highest BCUT2D eigenvalue weighted by atomic mass is 19.3. The summed E-state index contributed by atoms with van der Waals surface area (Å²) in [6.45, 7) is 2.32. The van der Waals surface area contributed by atoms with E-state index in [-0.39, 0.29) is 43.1 Å². The predicted octanol–water partition coefficient (Wildman–Crippen LogP) is 3.20. The lowest BCUT2D eigenvalue weighted by Crippen LogP contribution is -2.40. The van der Waals surface area contributed by atoms with Crippen LogP contribution in [-0.4, -0.2) is 87.2 Å². The minimum absolute atomic E-state index is 0.0590. The molecule has 2 N–H and O–H groups in total. The van der Waals surface area contributed by atoms with Crippen molar-refractivity contribution in [2.45, 2.75) is 37.8 Å². The summed E-state index contributed by atoms with van der Waals surface area (Å²) in [6, 6.07) is 7.23. The number of nitrogens with one attached hydrogen (secondary N) is 2. The maximum Gasteiger partial charge on any atom is 0.272 e. The summed E-state index contributed by atoms with van der Waals surface area (Å²) >= 11 is 0. The zero-order valence-electron chi connectivity index (χ0n) is 21.4. The number of carbonyl (C=O) groups excluding carboxylic acids is 2. The number of benzene rings is 1. The fourth-order valence-corrected chi connectivity index (χ4v) is 5.37. The van der Waals surface area contributed by atoms with Crippen molar-refractivity contribution in [3.05, 3.63) is 60.1 Å². The number of hydrogen-bond acceptors (Lipinski definition) is 6. The van der Waals surface area contributed by atoms with Crippen LogP contribution < -0.4 is 5.32 Å². The number of amides is 2. The number of H-pyrrole nitrogens is 1. The van der Waals surface area contributed by atoms with Gasteiger partial charge >= 0.3 is 0 Å². The maximum absolute atomic E-state index is 13.6. The summed E-state index contributed by atoms with van der Waals surface area (Å²) in [5, 5.41) is 10.7. The zero-order chi connectivity index (χ0) is 27.0. The van der Waals surface area contributed by atoms with Crippen LogP contribution in [0.4, 0.5) is 8.78 Å². The van der Waals surface area contributed by atoms with Gasteiger partial charge in [0.05, 0.1) is 24.6 Å². The number of aromatic amines is 1. The number of alkyl halides is 2. The molecule has 2 amide bonds. The van der Waals surface area contributed by atoms with Gasteiger partial charge in [-0.1, -0.05) is 12.1 Å². The Kier molecular flexibility index (Phi) is 6.68. The number of rotatable bonds is 6. The van der Waals surface area contributed by atoms with Gasteiger partial charge in [-0.05, 0) is 48.2 Å². The Morgan fingerprint density at radius 3 is 2.69 bits per heavy atom. The third-order valence-corrected chi connectivity index (χ3v) is 7.43. The van der Waals surface area contributed by atoms with Crippen LogP contribution in [0.15, 0.2) is 53.8 Å². The lowest BCUT2D eigenvalue weighted by molar-refractivity contribution is -0.123. The van der Waals surface area contributed by atoms with Crippen LogP contribution in [0, 0.1) is 0 Å². The highest BCUT2D eigenvalue weighted by Gasteiger charge is 2.38. The van der Waals surface area contributed by atoms with Gasteiger partial charge in [-0.25, -0.2) is 8.78 Å². The molecule has 2 aromatic heterocycles. The number of dihydropyridines is 1. The Balaban J connectivity index is 1.14. The van der Waals surface area contributed by atoms with Gasteiger partial charge in [0.2, 0.25) is 0 Å². The number of fused-ring (bicyclic) bond motifs is 1. The number of halogens is 2. The molecule has 0 saturated carbocycles. The standard InChI is InChI=1S/C28H29F2N7O2/c29-28(30)7-10-36(17-28)16-18-11-20(14-31-13-18)19-3-5-23-22(12-19)25(35-34-23)26(38)33-21-4-6-24(32-15-21)27(39)37-8-1-2-9-37/h3-6,11-14,21H,1-2,7-10,15-17H2,(H,33,38)(H,34,35). The summed E-state index contributed by atoms with van der Waals surface area (Å²) in [5.74, 6) is -3.04. The molecule has 0 radical (unpaired) electrons. The monoisotopic (exact) mass is 533 g/mol.